The monoisotopic (exact) mass is 312 g/mol. The van der Waals surface area contributed by atoms with Crippen LogP contribution < -0.4 is 0 Å². The summed E-state index contributed by atoms with van der Waals surface area (Å²) in [6.45, 7) is 7.24. The second kappa shape index (κ2) is 10.6. The number of unbranched alkanes of at least 4 members (excludes halogenated alkanes) is 2. The molecule has 1 unspecified atom stereocenters. The number of ether oxygens (including phenoxy) is 3. The van der Waals surface area contributed by atoms with Gasteiger partial charge in [0.2, 0.25) is 0 Å². The molecule has 2 aliphatic rings. The molecule has 0 aromatic heterocycles. The van der Waals surface area contributed by atoms with Crippen LogP contribution in [0.25, 0.3) is 0 Å². The third-order valence-electron chi connectivity index (χ3n) is 5.04. The molecule has 3 heteroatoms. The summed E-state index contributed by atoms with van der Waals surface area (Å²) in [4.78, 5) is 0. The predicted molar refractivity (Wildman–Crippen MR) is 90.2 cm³/mol. The smallest absolute Gasteiger partial charge is 0.104 e. The largest absolute Gasteiger partial charge is 0.378 e. The molecule has 130 valence electrons. The van der Waals surface area contributed by atoms with E-state index in [1.807, 2.05) is 0 Å². The van der Waals surface area contributed by atoms with Gasteiger partial charge >= 0.3 is 0 Å². The molecule has 0 N–H and O–H groups in total. The van der Waals surface area contributed by atoms with Gasteiger partial charge in [0.05, 0.1) is 25.4 Å². The zero-order valence-corrected chi connectivity index (χ0v) is 14.7. The Balaban J connectivity index is 1.56. The van der Waals surface area contributed by atoms with E-state index in [2.05, 4.69) is 13.8 Å². The van der Waals surface area contributed by atoms with E-state index in [9.17, 15) is 0 Å². The van der Waals surface area contributed by atoms with Crippen molar-refractivity contribution in [2.24, 2.45) is 5.92 Å². The maximum atomic E-state index is 6.25. The highest BCUT2D eigenvalue weighted by Gasteiger charge is 2.27. The Morgan fingerprint density at radius 2 is 1.45 bits per heavy atom. The van der Waals surface area contributed by atoms with Crippen LogP contribution in [0.1, 0.15) is 78.1 Å². The fourth-order valence-corrected chi connectivity index (χ4v) is 3.34. The molecule has 0 aromatic carbocycles. The lowest BCUT2D eigenvalue weighted by molar-refractivity contribution is -0.0437. The molecular formula is C19H36O3. The van der Waals surface area contributed by atoms with Gasteiger partial charge in [0.15, 0.2) is 0 Å². The summed E-state index contributed by atoms with van der Waals surface area (Å²) < 4.78 is 17.4. The summed E-state index contributed by atoms with van der Waals surface area (Å²) in [5.41, 5.74) is 0. The third kappa shape index (κ3) is 7.43. The quantitative estimate of drug-likeness (QED) is 0.488. The number of rotatable bonds is 12. The maximum absolute atomic E-state index is 6.25. The second-order valence-corrected chi connectivity index (χ2v) is 7.17. The minimum Gasteiger partial charge on any atom is -0.378 e. The lowest BCUT2D eigenvalue weighted by Crippen LogP contribution is -2.28. The fraction of sp³-hybridized carbons (Fsp3) is 1.00. The van der Waals surface area contributed by atoms with E-state index >= 15 is 0 Å². The molecule has 1 heterocycles. The van der Waals surface area contributed by atoms with E-state index in [1.54, 1.807) is 0 Å². The highest BCUT2D eigenvalue weighted by atomic mass is 16.6. The van der Waals surface area contributed by atoms with Gasteiger partial charge in [-0.3, -0.25) is 0 Å². The molecule has 2 fully saturated rings. The minimum absolute atomic E-state index is 0.395. The molecule has 0 bridgehead atoms. The molecule has 0 spiro atoms. The van der Waals surface area contributed by atoms with Crippen molar-refractivity contribution < 1.29 is 14.2 Å². The molecule has 0 amide bonds. The van der Waals surface area contributed by atoms with Crippen molar-refractivity contribution in [1.82, 2.24) is 0 Å². The first-order valence-corrected chi connectivity index (χ1v) is 9.66. The summed E-state index contributed by atoms with van der Waals surface area (Å²) in [5, 5.41) is 0. The van der Waals surface area contributed by atoms with E-state index < -0.39 is 0 Å². The minimum atomic E-state index is 0.395. The highest BCUT2D eigenvalue weighted by molar-refractivity contribution is 4.76. The Kier molecular flexibility index (Phi) is 8.79. The summed E-state index contributed by atoms with van der Waals surface area (Å²) in [5.74, 6) is 0.779. The lowest BCUT2D eigenvalue weighted by atomic mass is 9.94. The lowest BCUT2D eigenvalue weighted by Gasteiger charge is -2.30. The van der Waals surface area contributed by atoms with E-state index in [1.165, 1.54) is 51.4 Å². The number of hydrogen-bond donors (Lipinski definition) is 0. The molecule has 1 aliphatic carbocycles. The maximum Gasteiger partial charge on any atom is 0.104 e. The van der Waals surface area contributed by atoms with Crippen LogP contribution in [0.3, 0.4) is 0 Å². The van der Waals surface area contributed by atoms with Gasteiger partial charge in [-0.15, -0.1) is 0 Å². The third-order valence-corrected chi connectivity index (χ3v) is 5.04. The second-order valence-electron chi connectivity index (χ2n) is 7.17. The summed E-state index contributed by atoms with van der Waals surface area (Å²) in [6.07, 6.45) is 14.0. The molecular weight excluding hydrogens is 276 g/mol. The molecule has 1 atom stereocenters. The van der Waals surface area contributed by atoms with Gasteiger partial charge in [0, 0.05) is 6.61 Å². The first-order chi connectivity index (χ1) is 10.8. The average molecular weight is 312 g/mol. The van der Waals surface area contributed by atoms with Crippen LogP contribution in [0.4, 0.5) is 0 Å². The number of epoxide rings is 1. The summed E-state index contributed by atoms with van der Waals surface area (Å²) >= 11 is 0. The van der Waals surface area contributed by atoms with Gasteiger partial charge < -0.3 is 14.2 Å². The topological polar surface area (TPSA) is 31.0 Å². The molecule has 0 radical (unpaired) electrons. The SMILES string of the molecule is CCCCC(CCCC)COC1CCC(OCC2CO2)CC1. The van der Waals surface area contributed by atoms with Crippen LogP contribution in [0.15, 0.2) is 0 Å². The van der Waals surface area contributed by atoms with E-state index in [0.717, 1.165) is 38.6 Å². The summed E-state index contributed by atoms with van der Waals surface area (Å²) in [7, 11) is 0. The summed E-state index contributed by atoms with van der Waals surface area (Å²) in [6, 6.07) is 0. The average Bonchev–Trinajstić information content (AvgIpc) is 3.37. The molecule has 1 saturated heterocycles. The molecule has 3 nitrogen and oxygen atoms in total. The van der Waals surface area contributed by atoms with Crippen LogP contribution in [-0.4, -0.2) is 38.1 Å². The van der Waals surface area contributed by atoms with Crippen LogP contribution in [0, 0.1) is 5.92 Å². The van der Waals surface area contributed by atoms with Gasteiger partial charge in [-0.05, 0) is 44.4 Å². The number of hydrogen-bond acceptors (Lipinski definition) is 3. The molecule has 0 aromatic rings. The Hall–Kier alpha value is -0.120. The predicted octanol–water partition coefficient (Wildman–Crippen LogP) is 4.73. The molecule has 1 aliphatic heterocycles. The first kappa shape index (κ1) is 18.2. The van der Waals surface area contributed by atoms with Gasteiger partial charge in [0.1, 0.15) is 6.10 Å². The van der Waals surface area contributed by atoms with E-state index in [-0.39, 0.29) is 0 Å². The standard InChI is InChI=1S/C19H36O3/c1-3-5-7-16(8-6-4-2)13-20-17-9-11-18(12-10-17)21-14-19-15-22-19/h16-19H,3-15H2,1-2H3. The van der Waals surface area contributed by atoms with Crippen molar-refractivity contribution in [2.45, 2.75) is 96.4 Å². The highest BCUT2D eigenvalue weighted by Crippen LogP contribution is 2.26. The van der Waals surface area contributed by atoms with Crippen molar-refractivity contribution in [2.75, 3.05) is 19.8 Å². The van der Waals surface area contributed by atoms with Gasteiger partial charge in [0.25, 0.3) is 0 Å². The fourth-order valence-electron chi connectivity index (χ4n) is 3.34. The van der Waals surface area contributed by atoms with Crippen LogP contribution in [-0.2, 0) is 14.2 Å². The van der Waals surface area contributed by atoms with Gasteiger partial charge in [-0.2, -0.15) is 0 Å². The Bertz CT molecular complexity index is 262. The van der Waals surface area contributed by atoms with E-state index in [4.69, 9.17) is 14.2 Å². The van der Waals surface area contributed by atoms with Crippen molar-refractivity contribution in [3.8, 4) is 0 Å². The first-order valence-electron chi connectivity index (χ1n) is 9.66. The van der Waals surface area contributed by atoms with Crippen molar-refractivity contribution in [3.63, 3.8) is 0 Å². The van der Waals surface area contributed by atoms with Crippen molar-refractivity contribution in [1.29, 1.82) is 0 Å². The zero-order chi connectivity index (χ0) is 15.6. The van der Waals surface area contributed by atoms with Crippen molar-refractivity contribution in [3.05, 3.63) is 0 Å². The van der Waals surface area contributed by atoms with Crippen molar-refractivity contribution >= 4 is 0 Å². The zero-order valence-electron chi connectivity index (χ0n) is 14.7. The Labute approximate surface area is 137 Å². The molecule has 2 rings (SSSR count). The Morgan fingerprint density at radius 3 is 1.95 bits per heavy atom. The van der Waals surface area contributed by atoms with Crippen LogP contribution in [0.2, 0.25) is 0 Å². The Morgan fingerprint density at radius 1 is 0.909 bits per heavy atom. The van der Waals surface area contributed by atoms with Gasteiger partial charge in [-0.1, -0.05) is 39.5 Å². The van der Waals surface area contributed by atoms with Crippen LogP contribution in [0.5, 0.6) is 0 Å². The van der Waals surface area contributed by atoms with Crippen LogP contribution >= 0.6 is 0 Å². The molecule has 22 heavy (non-hydrogen) atoms. The normalized spacial score (nSPS) is 28.2. The molecule has 1 saturated carbocycles. The van der Waals surface area contributed by atoms with Gasteiger partial charge in [-0.25, -0.2) is 0 Å². The van der Waals surface area contributed by atoms with E-state index in [0.29, 0.717) is 18.3 Å².